The number of nitrogens with one attached hydrogen (secondary N) is 1. The van der Waals surface area contributed by atoms with Crippen molar-refractivity contribution in [1.29, 1.82) is 0 Å². The molecule has 2 aromatic carbocycles. The molecule has 2 heterocycles. The molecule has 28 heavy (non-hydrogen) atoms. The van der Waals surface area contributed by atoms with E-state index in [1.165, 1.54) is 6.07 Å². The highest BCUT2D eigenvalue weighted by Crippen LogP contribution is 2.36. The highest BCUT2D eigenvalue weighted by molar-refractivity contribution is 6.01. The molecule has 3 aromatic rings. The van der Waals surface area contributed by atoms with Crippen LogP contribution in [0.1, 0.15) is 6.42 Å². The van der Waals surface area contributed by atoms with Gasteiger partial charge in [0.2, 0.25) is 0 Å². The molecular formula is C21H20FN5O. The summed E-state index contributed by atoms with van der Waals surface area (Å²) in [4.78, 5) is 5.29. The number of hydrogen-bond donors (Lipinski definition) is 2. The Labute approximate surface area is 162 Å². The number of nitrogens with zero attached hydrogens (tertiary/aromatic N) is 4. The van der Waals surface area contributed by atoms with E-state index in [-0.39, 0.29) is 11.8 Å². The maximum Gasteiger partial charge on any atom is 0.190 e. The van der Waals surface area contributed by atoms with E-state index in [2.05, 4.69) is 20.4 Å². The molecule has 7 heteroatoms. The lowest BCUT2D eigenvalue weighted by molar-refractivity contribution is 0.153. The summed E-state index contributed by atoms with van der Waals surface area (Å²) in [6.45, 7) is 8.25. The van der Waals surface area contributed by atoms with Crippen molar-refractivity contribution in [3.63, 3.8) is 0 Å². The van der Waals surface area contributed by atoms with Gasteiger partial charge in [-0.05, 0) is 13.1 Å². The maximum absolute atomic E-state index is 13.9. The van der Waals surface area contributed by atoms with E-state index in [0.29, 0.717) is 35.7 Å². The summed E-state index contributed by atoms with van der Waals surface area (Å²) in [6.07, 6.45) is -0.436. The first-order valence-electron chi connectivity index (χ1n) is 9.10. The zero-order chi connectivity index (χ0) is 19.7. The average molecular weight is 377 g/mol. The summed E-state index contributed by atoms with van der Waals surface area (Å²) < 4.78 is 13.9. The van der Waals surface area contributed by atoms with Gasteiger partial charge < -0.3 is 15.3 Å². The van der Waals surface area contributed by atoms with Gasteiger partial charge in [0.25, 0.3) is 0 Å². The fourth-order valence-corrected chi connectivity index (χ4v) is 3.74. The predicted octanol–water partition coefficient (Wildman–Crippen LogP) is 4.01. The van der Waals surface area contributed by atoms with Gasteiger partial charge in [-0.3, -0.25) is 0 Å². The summed E-state index contributed by atoms with van der Waals surface area (Å²) in [5.41, 5.74) is 1.42. The van der Waals surface area contributed by atoms with Crippen LogP contribution in [0.5, 0.6) is 5.75 Å². The van der Waals surface area contributed by atoms with Gasteiger partial charge in [0.15, 0.2) is 11.5 Å². The molecule has 1 aromatic heterocycles. The molecule has 1 aliphatic heterocycles. The van der Waals surface area contributed by atoms with Crippen molar-refractivity contribution in [3.8, 4) is 17.0 Å². The zero-order valence-electron chi connectivity index (χ0n) is 15.4. The Hall–Kier alpha value is -3.24. The van der Waals surface area contributed by atoms with Crippen molar-refractivity contribution < 1.29 is 9.50 Å². The minimum atomic E-state index is -0.868. The van der Waals surface area contributed by atoms with Crippen molar-refractivity contribution in [3.05, 3.63) is 53.9 Å². The largest absolute Gasteiger partial charge is 0.509 e. The first-order valence-corrected chi connectivity index (χ1v) is 9.10. The molecule has 1 saturated heterocycles. The minimum absolute atomic E-state index is 0.0113. The van der Waals surface area contributed by atoms with Gasteiger partial charge in [0.05, 0.1) is 6.57 Å². The van der Waals surface area contributed by atoms with Crippen molar-refractivity contribution in [2.75, 3.05) is 25.5 Å². The van der Waals surface area contributed by atoms with Crippen LogP contribution in [0.3, 0.4) is 0 Å². The number of benzene rings is 2. The number of fused-ring (bicyclic) bond motifs is 1. The highest BCUT2D eigenvalue weighted by atomic mass is 19.1. The Morgan fingerprint density at radius 1 is 1.18 bits per heavy atom. The number of halogens is 1. The van der Waals surface area contributed by atoms with Crippen LogP contribution in [0.4, 0.5) is 15.9 Å². The summed E-state index contributed by atoms with van der Waals surface area (Å²) >= 11 is 0. The third-order valence-electron chi connectivity index (χ3n) is 4.98. The number of phenolic OH excluding ortho intramolecular Hbond substituents is 1. The van der Waals surface area contributed by atoms with Crippen LogP contribution in [0, 0.1) is 6.57 Å². The first kappa shape index (κ1) is 18.1. The van der Waals surface area contributed by atoms with E-state index in [1.807, 2.05) is 36.2 Å². The van der Waals surface area contributed by atoms with E-state index in [0.717, 1.165) is 17.3 Å². The van der Waals surface area contributed by atoms with Crippen LogP contribution in [0.25, 0.3) is 26.9 Å². The van der Waals surface area contributed by atoms with Crippen molar-refractivity contribution >= 4 is 22.3 Å². The Bertz CT molecular complexity index is 1050. The number of rotatable bonds is 3. The molecule has 0 unspecified atom stereocenters. The summed E-state index contributed by atoms with van der Waals surface area (Å²) in [5.74, 6) is 0.590. The number of hydrogen-bond acceptors (Lipinski definition) is 5. The lowest BCUT2D eigenvalue weighted by Gasteiger charge is -2.32. The van der Waals surface area contributed by atoms with Gasteiger partial charge in [0.1, 0.15) is 17.6 Å². The van der Waals surface area contributed by atoms with Crippen molar-refractivity contribution in [1.82, 2.24) is 15.1 Å². The molecule has 0 spiro atoms. The van der Waals surface area contributed by atoms with Crippen LogP contribution >= 0.6 is 0 Å². The van der Waals surface area contributed by atoms with E-state index in [4.69, 9.17) is 6.57 Å². The molecule has 0 radical (unpaired) electrons. The molecule has 0 aliphatic carbocycles. The number of likely N-dealkylation sites (tertiary alicyclic amines) is 1. The number of piperidine rings is 1. The van der Waals surface area contributed by atoms with Gasteiger partial charge >= 0.3 is 0 Å². The summed E-state index contributed by atoms with van der Waals surface area (Å²) in [7, 11) is 1.91. The van der Waals surface area contributed by atoms with E-state index >= 15 is 0 Å². The quantitative estimate of drug-likeness (QED) is 0.675. The average Bonchev–Trinajstić information content (AvgIpc) is 2.68. The van der Waals surface area contributed by atoms with Gasteiger partial charge in [-0.2, -0.15) is 0 Å². The molecule has 142 valence electrons. The van der Waals surface area contributed by atoms with Gasteiger partial charge in [-0.1, -0.05) is 36.4 Å². The molecule has 0 saturated carbocycles. The third kappa shape index (κ3) is 3.47. The van der Waals surface area contributed by atoms with Crippen LogP contribution in [-0.2, 0) is 0 Å². The summed E-state index contributed by atoms with van der Waals surface area (Å²) in [5, 5.41) is 24.0. The minimum Gasteiger partial charge on any atom is -0.509 e. The molecule has 0 amide bonds. The topological polar surface area (TPSA) is 65.6 Å². The first-order chi connectivity index (χ1) is 13.5. The number of anilines is 1. The SMILES string of the molecule is [C-]#[N+]c1ccc(-c2nnc(N[C@@H]3C[C@@H](F)CN(C)C3)c3ccccc23)c(O)c1. The Morgan fingerprint density at radius 3 is 2.68 bits per heavy atom. The van der Waals surface area contributed by atoms with Gasteiger partial charge in [-0.25, -0.2) is 9.24 Å². The van der Waals surface area contributed by atoms with E-state index < -0.39 is 6.17 Å². The number of aromatic nitrogens is 2. The highest BCUT2D eigenvalue weighted by Gasteiger charge is 2.26. The van der Waals surface area contributed by atoms with Gasteiger partial charge in [-0.15, -0.1) is 10.2 Å². The summed E-state index contributed by atoms with van der Waals surface area (Å²) in [6, 6.07) is 12.3. The standard InChI is InChI=1S/C21H20FN5O/c1-23-14-7-8-18(19(28)10-14)20-16-5-3-4-6-17(16)21(26-25-20)24-15-9-13(22)11-27(2)12-15/h3-8,10,13,15,28H,9,11-12H2,2H3,(H,24,26)/t13-,15-/m1/s1. The van der Waals surface area contributed by atoms with Crippen molar-refractivity contribution in [2.24, 2.45) is 0 Å². The predicted molar refractivity (Wildman–Crippen MR) is 107 cm³/mol. The second kappa shape index (κ2) is 7.41. The molecule has 1 fully saturated rings. The Balaban J connectivity index is 1.74. The lowest BCUT2D eigenvalue weighted by atomic mass is 10.0. The molecule has 1 aliphatic rings. The molecule has 2 N–H and O–H groups in total. The fraction of sp³-hybridized carbons (Fsp3) is 0.286. The van der Waals surface area contributed by atoms with Crippen LogP contribution in [0.2, 0.25) is 0 Å². The normalized spacial score (nSPS) is 20.0. The third-order valence-corrected chi connectivity index (χ3v) is 4.98. The molecule has 4 rings (SSSR count). The smallest absolute Gasteiger partial charge is 0.190 e. The molecule has 2 atom stereocenters. The van der Waals surface area contributed by atoms with Crippen LogP contribution < -0.4 is 5.32 Å². The van der Waals surface area contributed by atoms with E-state index in [1.54, 1.807) is 12.1 Å². The number of likely N-dealkylation sites (N-methyl/N-ethyl adjacent to an activating group) is 1. The zero-order valence-corrected chi connectivity index (χ0v) is 15.4. The Kier molecular flexibility index (Phi) is 4.80. The van der Waals surface area contributed by atoms with Crippen LogP contribution in [-0.4, -0.2) is 52.6 Å². The maximum atomic E-state index is 13.9. The fourth-order valence-electron chi connectivity index (χ4n) is 3.74. The van der Waals surface area contributed by atoms with E-state index in [9.17, 15) is 9.50 Å². The number of alkyl halides is 1. The monoisotopic (exact) mass is 377 g/mol. The second-order valence-corrected chi connectivity index (χ2v) is 7.15. The number of phenols is 1. The molecule has 0 bridgehead atoms. The molecular weight excluding hydrogens is 357 g/mol. The Morgan fingerprint density at radius 2 is 1.96 bits per heavy atom. The molecule has 6 nitrogen and oxygen atoms in total. The van der Waals surface area contributed by atoms with Crippen molar-refractivity contribution in [2.45, 2.75) is 18.6 Å². The van der Waals surface area contributed by atoms with Gasteiger partial charge in [0, 0.05) is 41.9 Å². The lowest BCUT2D eigenvalue weighted by Crippen LogP contribution is -2.45. The number of aromatic hydroxyl groups is 1. The second-order valence-electron chi connectivity index (χ2n) is 7.15. The van der Waals surface area contributed by atoms with Crippen LogP contribution in [0.15, 0.2) is 42.5 Å².